The summed E-state index contributed by atoms with van der Waals surface area (Å²) in [6, 6.07) is 9.34. The molecule has 0 unspecified atom stereocenters. The number of amides is 1. The van der Waals surface area contributed by atoms with E-state index in [9.17, 15) is 4.79 Å². The Morgan fingerprint density at radius 1 is 1.50 bits per heavy atom. The molecule has 0 atom stereocenters. The number of benzene rings is 1. The number of rotatable bonds is 4. The van der Waals surface area contributed by atoms with Crippen LogP contribution in [0.2, 0.25) is 0 Å². The predicted molar refractivity (Wildman–Crippen MR) is 63.3 cm³/mol. The predicted octanol–water partition coefficient (Wildman–Crippen LogP) is 1.40. The average molecular weight is 217 g/mol. The Labute approximate surface area is 95.5 Å². The molecule has 4 nitrogen and oxygen atoms in total. The van der Waals surface area contributed by atoms with Gasteiger partial charge < -0.3 is 10.2 Å². The Balaban J connectivity index is 2.69. The second kappa shape index (κ2) is 5.76. The number of nitriles is 1. The quantitative estimate of drug-likeness (QED) is 0.775. The van der Waals surface area contributed by atoms with Crippen molar-refractivity contribution in [2.45, 2.75) is 6.42 Å². The standard InChI is InChI=1S/C12H15N3O/c1-15(2)11-6-3-5-10(9-11)12(16)14-8-4-7-13/h3,5-6,9H,4,8H2,1-2H3,(H,14,16). The first kappa shape index (κ1) is 12.1. The fraction of sp³-hybridized carbons (Fsp3) is 0.333. The van der Waals surface area contributed by atoms with Crippen LogP contribution in [0.3, 0.4) is 0 Å². The van der Waals surface area contributed by atoms with E-state index < -0.39 is 0 Å². The van der Waals surface area contributed by atoms with Gasteiger partial charge in [0.25, 0.3) is 5.91 Å². The zero-order valence-electron chi connectivity index (χ0n) is 9.53. The van der Waals surface area contributed by atoms with Crippen molar-refractivity contribution in [3.63, 3.8) is 0 Å². The SMILES string of the molecule is CN(C)c1cccc(C(=O)NCCC#N)c1. The molecule has 1 rings (SSSR count). The fourth-order valence-corrected chi connectivity index (χ4v) is 1.26. The van der Waals surface area contributed by atoms with Gasteiger partial charge in [-0.05, 0) is 18.2 Å². The molecule has 0 aliphatic rings. The highest BCUT2D eigenvalue weighted by molar-refractivity contribution is 5.95. The smallest absolute Gasteiger partial charge is 0.251 e. The van der Waals surface area contributed by atoms with Crippen LogP contribution in [0, 0.1) is 11.3 Å². The van der Waals surface area contributed by atoms with E-state index >= 15 is 0 Å². The highest BCUT2D eigenvalue weighted by atomic mass is 16.1. The monoisotopic (exact) mass is 217 g/mol. The van der Waals surface area contributed by atoms with Crippen LogP contribution >= 0.6 is 0 Å². The van der Waals surface area contributed by atoms with Gasteiger partial charge in [0.15, 0.2) is 0 Å². The summed E-state index contributed by atoms with van der Waals surface area (Å²) in [7, 11) is 3.85. The Morgan fingerprint density at radius 3 is 2.88 bits per heavy atom. The van der Waals surface area contributed by atoms with Crippen LogP contribution in [0.1, 0.15) is 16.8 Å². The van der Waals surface area contributed by atoms with E-state index in [-0.39, 0.29) is 5.91 Å². The summed E-state index contributed by atoms with van der Waals surface area (Å²) in [5, 5.41) is 11.0. The van der Waals surface area contributed by atoms with Crippen molar-refractivity contribution in [1.82, 2.24) is 5.32 Å². The molecular formula is C12H15N3O. The van der Waals surface area contributed by atoms with Crippen LogP contribution in [0.4, 0.5) is 5.69 Å². The number of carbonyl (C=O) groups is 1. The van der Waals surface area contributed by atoms with Crippen molar-refractivity contribution in [1.29, 1.82) is 5.26 Å². The zero-order valence-corrected chi connectivity index (χ0v) is 9.53. The molecule has 0 radical (unpaired) electrons. The molecule has 1 aromatic carbocycles. The number of hydrogen-bond acceptors (Lipinski definition) is 3. The van der Waals surface area contributed by atoms with E-state index in [1.54, 1.807) is 6.07 Å². The van der Waals surface area contributed by atoms with Crippen LogP contribution in [0.5, 0.6) is 0 Å². The molecule has 0 saturated carbocycles. The van der Waals surface area contributed by atoms with E-state index in [4.69, 9.17) is 5.26 Å². The van der Waals surface area contributed by atoms with Crippen LogP contribution in [0.15, 0.2) is 24.3 Å². The second-order valence-electron chi connectivity index (χ2n) is 3.61. The lowest BCUT2D eigenvalue weighted by Crippen LogP contribution is -2.24. The van der Waals surface area contributed by atoms with Crippen LogP contribution in [-0.2, 0) is 0 Å². The molecule has 0 saturated heterocycles. The van der Waals surface area contributed by atoms with E-state index in [2.05, 4.69) is 5.32 Å². The Morgan fingerprint density at radius 2 is 2.25 bits per heavy atom. The molecule has 0 spiro atoms. The third kappa shape index (κ3) is 3.28. The maximum absolute atomic E-state index is 11.7. The minimum absolute atomic E-state index is 0.140. The first-order valence-electron chi connectivity index (χ1n) is 5.07. The van der Waals surface area contributed by atoms with Gasteiger partial charge in [0, 0.05) is 31.9 Å². The first-order valence-corrected chi connectivity index (χ1v) is 5.07. The molecule has 1 amide bonds. The molecule has 0 fully saturated rings. The van der Waals surface area contributed by atoms with E-state index in [1.165, 1.54) is 0 Å². The van der Waals surface area contributed by atoms with E-state index in [0.717, 1.165) is 5.69 Å². The van der Waals surface area contributed by atoms with Gasteiger partial charge in [-0.3, -0.25) is 4.79 Å². The molecule has 84 valence electrons. The maximum atomic E-state index is 11.7. The third-order valence-corrected chi connectivity index (χ3v) is 2.15. The van der Waals surface area contributed by atoms with Crippen LogP contribution < -0.4 is 10.2 Å². The first-order chi connectivity index (χ1) is 7.65. The molecule has 4 heteroatoms. The van der Waals surface area contributed by atoms with Crippen LogP contribution in [-0.4, -0.2) is 26.5 Å². The molecule has 0 aliphatic heterocycles. The molecule has 0 bridgehead atoms. The molecule has 0 aromatic heterocycles. The van der Waals surface area contributed by atoms with Gasteiger partial charge in [0.1, 0.15) is 0 Å². The molecule has 0 heterocycles. The topological polar surface area (TPSA) is 56.1 Å². The number of hydrogen-bond donors (Lipinski definition) is 1. The molecule has 1 N–H and O–H groups in total. The Bertz CT molecular complexity index is 407. The Hall–Kier alpha value is -2.02. The molecule has 1 aromatic rings. The van der Waals surface area contributed by atoms with E-state index in [1.807, 2.05) is 43.3 Å². The van der Waals surface area contributed by atoms with Crippen molar-refractivity contribution in [2.24, 2.45) is 0 Å². The average Bonchev–Trinajstić information content (AvgIpc) is 2.29. The van der Waals surface area contributed by atoms with E-state index in [0.29, 0.717) is 18.5 Å². The summed E-state index contributed by atoms with van der Waals surface area (Å²) in [4.78, 5) is 13.6. The summed E-state index contributed by atoms with van der Waals surface area (Å²) in [5.41, 5.74) is 1.59. The summed E-state index contributed by atoms with van der Waals surface area (Å²) < 4.78 is 0. The number of nitrogens with zero attached hydrogens (tertiary/aromatic N) is 2. The second-order valence-corrected chi connectivity index (χ2v) is 3.61. The number of carbonyl (C=O) groups excluding carboxylic acids is 1. The van der Waals surface area contributed by atoms with Crippen LogP contribution in [0.25, 0.3) is 0 Å². The maximum Gasteiger partial charge on any atom is 0.251 e. The molecule has 0 aliphatic carbocycles. The summed E-state index contributed by atoms with van der Waals surface area (Å²) in [6.45, 7) is 0.390. The lowest BCUT2D eigenvalue weighted by Gasteiger charge is -2.13. The Kier molecular flexibility index (Phi) is 4.34. The summed E-state index contributed by atoms with van der Waals surface area (Å²) in [5.74, 6) is -0.140. The third-order valence-electron chi connectivity index (χ3n) is 2.15. The van der Waals surface area contributed by atoms with Gasteiger partial charge in [-0.25, -0.2) is 0 Å². The molecule has 16 heavy (non-hydrogen) atoms. The minimum atomic E-state index is -0.140. The van der Waals surface area contributed by atoms with Crippen molar-refractivity contribution in [2.75, 3.05) is 25.5 Å². The van der Waals surface area contributed by atoms with Gasteiger partial charge in [0.05, 0.1) is 12.5 Å². The zero-order chi connectivity index (χ0) is 12.0. The van der Waals surface area contributed by atoms with Crippen molar-refractivity contribution in [3.8, 4) is 6.07 Å². The van der Waals surface area contributed by atoms with Gasteiger partial charge in [-0.1, -0.05) is 6.07 Å². The van der Waals surface area contributed by atoms with Crippen molar-refractivity contribution < 1.29 is 4.79 Å². The number of nitrogens with one attached hydrogen (secondary N) is 1. The van der Waals surface area contributed by atoms with Gasteiger partial charge in [0.2, 0.25) is 0 Å². The van der Waals surface area contributed by atoms with Gasteiger partial charge in [-0.15, -0.1) is 0 Å². The minimum Gasteiger partial charge on any atom is -0.378 e. The van der Waals surface area contributed by atoms with Crippen molar-refractivity contribution in [3.05, 3.63) is 29.8 Å². The van der Waals surface area contributed by atoms with Crippen molar-refractivity contribution >= 4 is 11.6 Å². The fourth-order valence-electron chi connectivity index (χ4n) is 1.26. The lowest BCUT2D eigenvalue weighted by molar-refractivity contribution is 0.0954. The normalized spacial score (nSPS) is 9.31. The van der Waals surface area contributed by atoms with Gasteiger partial charge >= 0.3 is 0 Å². The molecular weight excluding hydrogens is 202 g/mol. The van der Waals surface area contributed by atoms with Gasteiger partial charge in [-0.2, -0.15) is 5.26 Å². The highest BCUT2D eigenvalue weighted by Gasteiger charge is 2.05. The number of anilines is 1. The highest BCUT2D eigenvalue weighted by Crippen LogP contribution is 2.13. The largest absolute Gasteiger partial charge is 0.378 e. The summed E-state index contributed by atoms with van der Waals surface area (Å²) in [6.07, 6.45) is 0.332. The summed E-state index contributed by atoms with van der Waals surface area (Å²) >= 11 is 0. The lowest BCUT2D eigenvalue weighted by atomic mass is 10.2.